The Morgan fingerprint density at radius 3 is 2.80 bits per heavy atom. The number of guanidine groups is 1. The molecule has 0 amide bonds. The van der Waals surface area contributed by atoms with E-state index in [9.17, 15) is 0 Å². The third kappa shape index (κ3) is 3.44. The number of nitrogens with two attached hydrogens (primary N) is 1. The van der Waals surface area contributed by atoms with Crippen molar-refractivity contribution in [2.45, 2.75) is 38.0 Å². The summed E-state index contributed by atoms with van der Waals surface area (Å²) in [6, 6.07) is 2.04. The molecule has 1 aliphatic rings. The quantitative estimate of drug-likeness (QED) is 0.654. The lowest BCUT2D eigenvalue weighted by Gasteiger charge is -2.22. The first-order chi connectivity index (χ1) is 9.74. The van der Waals surface area contributed by atoms with Crippen LogP contribution in [-0.4, -0.2) is 17.7 Å². The van der Waals surface area contributed by atoms with Gasteiger partial charge in [0, 0.05) is 12.4 Å². The van der Waals surface area contributed by atoms with Gasteiger partial charge in [0.05, 0.1) is 5.69 Å². The minimum atomic E-state index is 0.370. The fourth-order valence-corrected chi connectivity index (χ4v) is 2.57. The summed E-state index contributed by atoms with van der Waals surface area (Å²) in [7, 11) is 0. The van der Waals surface area contributed by atoms with Crippen LogP contribution in [0.2, 0.25) is 0 Å². The van der Waals surface area contributed by atoms with E-state index in [1.165, 1.54) is 43.9 Å². The number of hydrogen-bond acceptors (Lipinski definition) is 3. The molecule has 106 valence electrons. The van der Waals surface area contributed by atoms with Crippen LogP contribution >= 0.6 is 0 Å². The predicted octanol–water partition coefficient (Wildman–Crippen LogP) is 3.32. The van der Waals surface area contributed by atoms with Gasteiger partial charge >= 0.3 is 0 Å². The largest absolute Gasteiger partial charge is 0.382 e. The summed E-state index contributed by atoms with van der Waals surface area (Å²) in [6.45, 7) is 7.01. The maximum atomic E-state index is 5.90. The zero-order valence-corrected chi connectivity index (χ0v) is 11.7. The molecule has 0 bridgehead atoms. The van der Waals surface area contributed by atoms with E-state index in [0.717, 1.165) is 5.69 Å². The summed E-state index contributed by atoms with van der Waals surface area (Å²) in [5, 5.41) is 3.04. The number of aliphatic imine (C=N–C) groups is 2. The molecule has 20 heavy (non-hydrogen) atoms. The van der Waals surface area contributed by atoms with Gasteiger partial charge in [-0.15, -0.1) is 0 Å². The first kappa shape index (κ1) is 14.2. The third-order valence-corrected chi connectivity index (χ3v) is 3.63. The molecule has 0 saturated heterocycles. The fourth-order valence-electron chi connectivity index (χ4n) is 2.57. The Morgan fingerprint density at radius 2 is 2.15 bits per heavy atom. The molecule has 5 heteroatoms. The highest BCUT2D eigenvalue weighted by molar-refractivity contribution is 5.98. The summed E-state index contributed by atoms with van der Waals surface area (Å²) in [5.74, 6) is 1.38. The summed E-state index contributed by atoms with van der Waals surface area (Å²) in [4.78, 5) is 12.0. The molecular weight excluding hydrogens is 250 g/mol. The monoisotopic (exact) mass is 271 g/mol. The molecule has 0 radical (unpaired) electrons. The third-order valence-electron chi connectivity index (χ3n) is 3.63. The van der Waals surface area contributed by atoms with Crippen molar-refractivity contribution < 1.29 is 0 Å². The smallest absolute Gasteiger partial charge is 0.226 e. The van der Waals surface area contributed by atoms with Crippen LogP contribution in [-0.2, 0) is 0 Å². The lowest BCUT2D eigenvalue weighted by Crippen LogP contribution is -2.12. The Morgan fingerprint density at radius 1 is 1.40 bits per heavy atom. The van der Waals surface area contributed by atoms with Crippen molar-refractivity contribution in [3.63, 3.8) is 0 Å². The van der Waals surface area contributed by atoms with Gasteiger partial charge in [0.25, 0.3) is 0 Å². The molecule has 2 rings (SSSR count). The van der Waals surface area contributed by atoms with Gasteiger partial charge < -0.3 is 11.1 Å². The number of nitrogens with zero attached hydrogens (tertiary/aromatic N) is 3. The van der Waals surface area contributed by atoms with Crippen LogP contribution < -0.4 is 11.1 Å². The summed E-state index contributed by atoms with van der Waals surface area (Å²) < 4.78 is 0. The second kappa shape index (κ2) is 6.84. The first-order valence-corrected chi connectivity index (χ1v) is 6.92. The molecule has 0 unspecified atom stereocenters. The average Bonchev–Trinajstić information content (AvgIpc) is 2.49. The van der Waals surface area contributed by atoms with Crippen molar-refractivity contribution in [2.24, 2.45) is 9.98 Å². The predicted molar refractivity (Wildman–Crippen MR) is 85.3 cm³/mol. The molecule has 0 spiro atoms. The molecule has 1 saturated carbocycles. The summed E-state index contributed by atoms with van der Waals surface area (Å²) in [5.41, 5.74) is 7.85. The zero-order chi connectivity index (χ0) is 14.4. The van der Waals surface area contributed by atoms with Crippen LogP contribution in [0.15, 0.2) is 35.0 Å². The molecule has 3 N–H and O–H groups in total. The van der Waals surface area contributed by atoms with Crippen molar-refractivity contribution in [1.29, 1.82) is 0 Å². The lowest BCUT2D eigenvalue weighted by molar-refractivity contribution is 0.443. The summed E-state index contributed by atoms with van der Waals surface area (Å²) in [6.07, 6.45) is 9.63. The van der Waals surface area contributed by atoms with Gasteiger partial charge in [0.2, 0.25) is 5.96 Å². The molecule has 5 nitrogen and oxygen atoms in total. The van der Waals surface area contributed by atoms with Gasteiger partial charge in [-0.2, -0.15) is 0 Å². The molecule has 1 heterocycles. The van der Waals surface area contributed by atoms with Crippen LogP contribution in [0.25, 0.3) is 0 Å². The van der Waals surface area contributed by atoms with E-state index in [4.69, 9.17) is 5.73 Å². The van der Waals surface area contributed by atoms with Crippen molar-refractivity contribution in [3.8, 4) is 0 Å². The molecule has 0 aromatic carbocycles. The van der Waals surface area contributed by atoms with E-state index in [0.29, 0.717) is 17.7 Å². The highest BCUT2D eigenvalue weighted by Gasteiger charge is 2.17. The van der Waals surface area contributed by atoms with E-state index in [-0.39, 0.29) is 0 Å². The number of hydrogen-bond donors (Lipinski definition) is 2. The molecular formula is C15H21N5. The molecule has 1 aromatic heterocycles. The highest BCUT2D eigenvalue weighted by Crippen LogP contribution is 2.34. The number of nitrogens with one attached hydrogen (secondary N) is 1. The average molecular weight is 271 g/mol. The normalized spacial score (nSPS) is 16.7. The van der Waals surface area contributed by atoms with Crippen molar-refractivity contribution >= 4 is 24.2 Å². The van der Waals surface area contributed by atoms with E-state index < -0.39 is 0 Å². The van der Waals surface area contributed by atoms with Gasteiger partial charge in [0.1, 0.15) is 5.82 Å². The minimum Gasteiger partial charge on any atom is -0.382 e. The van der Waals surface area contributed by atoms with Crippen LogP contribution in [0.3, 0.4) is 0 Å². The summed E-state index contributed by atoms with van der Waals surface area (Å²) >= 11 is 0. The van der Waals surface area contributed by atoms with E-state index in [1.807, 2.05) is 12.3 Å². The molecule has 1 aliphatic carbocycles. The van der Waals surface area contributed by atoms with Crippen LogP contribution in [0.1, 0.15) is 43.6 Å². The maximum Gasteiger partial charge on any atom is 0.226 e. The Hall–Kier alpha value is -2.17. The number of anilines is 2. The minimum absolute atomic E-state index is 0.370. The van der Waals surface area contributed by atoms with Gasteiger partial charge in [-0.3, -0.25) is 0 Å². The maximum absolute atomic E-state index is 5.90. The Labute approximate surface area is 119 Å². The molecule has 0 aliphatic heterocycles. The van der Waals surface area contributed by atoms with Crippen LogP contribution in [0.5, 0.6) is 0 Å². The Bertz CT molecular complexity index is 515. The van der Waals surface area contributed by atoms with Gasteiger partial charge in [-0.1, -0.05) is 25.8 Å². The highest BCUT2D eigenvalue weighted by atomic mass is 15.1. The second-order valence-electron chi connectivity index (χ2n) is 4.95. The number of rotatable bonds is 3. The Balaban J connectivity index is 2.21. The lowest BCUT2D eigenvalue weighted by atomic mass is 9.85. The van der Waals surface area contributed by atoms with Crippen molar-refractivity contribution in [3.05, 3.63) is 30.6 Å². The number of aromatic nitrogens is 1. The van der Waals surface area contributed by atoms with Crippen molar-refractivity contribution in [2.75, 3.05) is 11.1 Å². The Kier molecular flexibility index (Phi) is 4.87. The van der Waals surface area contributed by atoms with E-state index in [2.05, 4.69) is 33.6 Å². The SMILES string of the molecule is C=CN=C(N=C)Nc1cc(C2CCCCC2)cnc1N. The molecule has 1 aromatic rings. The van der Waals surface area contributed by atoms with Gasteiger partial charge in [0.15, 0.2) is 0 Å². The van der Waals surface area contributed by atoms with Gasteiger partial charge in [-0.25, -0.2) is 15.0 Å². The topological polar surface area (TPSA) is 75.7 Å². The second-order valence-corrected chi connectivity index (χ2v) is 4.95. The standard InChI is InChI=1S/C15H21N5/c1-3-18-15(17-2)20-13-9-12(10-19-14(13)16)11-7-5-4-6-8-11/h3,9-11H,1-2,4-8H2,(H2,16,19)(H,18,20). The van der Waals surface area contributed by atoms with Crippen LogP contribution in [0, 0.1) is 0 Å². The van der Waals surface area contributed by atoms with E-state index >= 15 is 0 Å². The van der Waals surface area contributed by atoms with E-state index in [1.54, 1.807) is 0 Å². The van der Waals surface area contributed by atoms with Gasteiger partial charge in [-0.05, 0) is 37.1 Å². The first-order valence-electron chi connectivity index (χ1n) is 6.92. The molecule has 0 atom stereocenters. The molecule has 1 fully saturated rings. The fraction of sp³-hybridized carbons (Fsp3) is 0.400. The van der Waals surface area contributed by atoms with Crippen molar-refractivity contribution in [1.82, 2.24) is 4.98 Å². The van der Waals surface area contributed by atoms with Crippen LogP contribution in [0.4, 0.5) is 11.5 Å². The number of pyridine rings is 1. The zero-order valence-electron chi connectivity index (χ0n) is 11.7. The number of nitrogen functional groups attached to an aromatic ring is 1.